The Hall–Kier alpha value is -1.83. The zero-order valence-corrected chi connectivity index (χ0v) is 12.4. The number of nitrogens with zero attached hydrogens (tertiary/aromatic N) is 1. The third-order valence-electron chi connectivity index (χ3n) is 3.83. The maximum Gasteiger partial charge on any atom is 0.255 e. The fraction of sp³-hybridized carbons (Fsp3) is 0.471. The normalized spacial score (nSPS) is 18.0. The highest BCUT2D eigenvalue weighted by molar-refractivity contribution is 5.97. The fourth-order valence-corrected chi connectivity index (χ4v) is 2.71. The molecule has 1 unspecified atom stereocenters. The molecular formula is C17H22N2O2. The van der Waals surface area contributed by atoms with Gasteiger partial charge < -0.3 is 15.7 Å². The minimum absolute atomic E-state index is 0.0153. The Bertz CT molecular complexity index is 572. The molecule has 0 aliphatic carbocycles. The number of aliphatic hydroxyl groups excluding tert-OH is 1. The Kier molecular flexibility index (Phi) is 5.38. The van der Waals surface area contributed by atoms with E-state index >= 15 is 0 Å². The van der Waals surface area contributed by atoms with E-state index in [4.69, 9.17) is 5.73 Å². The third-order valence-corrected chi connectivity index (χ3v) is 3.83. The SMILES string of the molecule is Cc1ccc(C(=O)N2CCCCC2CO)c(C#CCN)c1. The van der Waals surface area contributed by atoms with E-state index in [9.17, 15) is 9.90 Å². The molecule has 4 heteroatoms. The van der Waals surface area contributed by atoms with Crippen LogP contribution in [0.25, 0.3) is 0 Å². The van der Waals surface area contributed by atoms with E-state index < -0.39 is 0 Å². The largest absolute Gasteiger partial charge is 0.394 e. The lowest BCUT2D eigenvalue weighted by Crippen LogP contribution is -2.45. The molecule has 1 aliphatic heterocycles. The van der Waals surface area contributed by atoms with Crippen molar-refractivity contribution in [2.75, 3.05) is 19.7 Å². The molecule has 1 aromatic carbocycles. The van der Waals surface area contributed by atoms with E-state index in [0.717, 1.165) is 24.8 Å². The number of benzene rings is 1. The Morgan fingerprint density at radius 1 is 1.48 bits per heavy atom. The van der Waals surface area contributed by atoms with Gasteiger partial charge in [-0.05, 0) is 43.9 Å². The predicted octanol–water partition coefficient (Wildman–Crippen LogP) is 1.29. The van der Waals surface area contributed by atoms with Crippen molar-refractivity contribution in [3.05, 3.63) is 34.9 Å². The molecule has 0 aromatic heterocycles. The van der Waals surface area contributed by atoms with Gasteiger partial charge in [-0.3, -0.25) is 4.79 Å². The number of likely N-dealkylation sites (tertiary alicyclic amines) is 1. The van der Waals surface area contributed by atoms with Gasteiger partial charge in [-0.15, -0.1) is 0 Å². The molecule has 1 aliphatic rings. The standard InChI is InChI=1S/C17H22N2O2/c1-13-7-8-16(14(11-13)5-4-9-18)17(21)19-10-3-2-6-15(19)12-20/h7-8,11,15,20H,2-3,6,9-10,12,18H2,1H3. The van der Waals surface area contributed by atoms with Crippen LogP contribution in [0.15, 0.2) is 18.2 Å². The van der Waals surface area contributed by atoms with Crippen molar-refractivity contribution >= 4 is 5.91 Å². The zero-order valence-electron chi connectivity index (χ0n) is 12.4. The van der Waals surface area contributed by atoms with Gasteiger partial charge in [0, 0.05) is 12.1 Å². The highest BCUT2D eigenvalue weighted by Crippen LogP contribution is 2.21. The molecule has 0 saturated carbocycles. The summed E-state index contributed by atoms with van der Waals surface area (Å²) in [6.45, 7) is 2.95. The summed E-state index contributed by atoms with van der Waals surface area (Å²) in [5.74, 6) is 5.75. The van der Waals surface area contributed by atoms with Crippen molar-refractivity contribution in [2.45, 2.75) is 32.2 Å². The van der Waals surface area contributed by atoms with Crippen molar-refractivity contribution in [3.8, 4) is 11.8 Å². The smallest absolute Gasteiger partial charge is 0.255 e. The van der Waals surface area contributed by atoms with Crippen molar-refractivity contribution in [3.63, 3.8) is 0 Å². The van der Waals surface area contributed by atoms with E-state index in [1.807, 2.05) is 25.1 Å². The van der Waals surface area contributed by atoms with Crippen molar-refractivity contribution in [1.29, 1.82) is 0 Å². The fourth-order valence-electron chi connectivity index (χ4n) is 2.71. The highest BCUT2D eigenvalue weighted by atomic mass is 16.3. The predicted molar refractivity (Wildman–Crippen MR) is 82.9 cm³/mol. The lowest BCUT2D eigenvalue weighted by molar-refractivity contribution is 0.0503. The van der Waals surface area contributed by atoms with Gasteiger partial charge in [0.25, 0.3) is 5.91 Å². The monoisotopic (exact) mass is 286 g/mol. The molecule has 0 radical (unpaired) electrons. The van der Waals surface area contributed by atoms with Gasteiger partial charge in [-0.25, -0.2) is 0 Å². The molecule has 3 N–H and O–H groups in total. The van der Waals surface area contributed by atoms with Crippen molar-refractivity contribution in [2.24, 2.45) is 5.73 Å². The molecule has 1 heterocycles. The number of hydrogen-bond donors (Lipinski definition) is 2. The molecule has 112 valence electrons. The van der Waals surface area contributed by atoms with Crippen LogP contribution in [0.5, 0.6) is 0 Å². The first-order chi connectivity index (χ1) is 10.2. The lowest BCUT2D eigenvalue weighted by Gasteiger charge is -2.35. The number of amides is 1. The van der Waals surface area contributed by atoms with E-state index in [1.165, 1.54) is 0 Å². The minimum Gasteiger partial charge on any atom is -0.394 e. The van der Waals surface area contributed by atoms with Gasteiger partial charge in [0.2, 0.25) is 0 Å². The number of aryl methyl sites for hydroxylation is 1. The van der Waals surface area contributed by atoms with Crippen LogP contribution in [-0.2, 0) is 0 Å². The number of rotatable bonds is 2. The maximum absolute atomic E-state index is 12.8. The lowest BCUT2D eigenvalue weighted by atomic mass is 9.98. The van der Waals surface area contributed by atoms with E-state index in [-0.39, 0.29) is 25.1 Å². The van der Waals surface area contributed by atoms with Crippen LogP contribution in [-0.4, -0.2) is 41.7 Å². The molecule has 0 bridgehead atoms. The summed E-state index contributed by atoms with van der Waals surface area (Å²) in [4.78, 5) is 14.6. The molecule has 1 atom stereocenters. The topological polar surface area (TPSA) is 66.6 Å². The molecule has 1 amide bonds. The number of hydrogen-bond acceptors (Lipinski definition) is 3. The Morgan fingerprint density at radius 3 is 3.00 bits per heavy atom. The van der Waals surface area contributed by atoms with Gasteiger partial charge in [0.05, 0.1) is 24.8 Å². The Balaban J connectivity index is 2.33. The van der Waals surface area contributed by atoms with E-state index in [2.05, 4.69) is 11.8 Å². The maximum atomic E-state index is 12.8. The number of piperidine rings is 1. The summed E-state index contributed by atoms with van der Waals surface area (Å²) >= 11 is 0. The summed E-state index contributed by atoms with van der Waals surface area (Å²) in [6, 6.07) is 5.57. The second-order valence-electron chi connectivity index (χ2n) is 5.39. The molecule has 1 saturated heterocycles. The molecule has 21 heavy (non-hydrogen) atoms. The first-order valence-corrected chi connectivity index (χ1v) is 7.38. The Labute approximate surface area is 125 Å². The average Bonchev–Trinajstić information content (AvgIpc) is 2.52. The van der Waals surface area contributed by atoms with Crippen LogP contribution in [0, 0.1) is 18.8 Å². The number of nitrogens with two attached hydrogens (primary N) is 1. The molecule has 2 rings (SSSR count). The van der Waals surface area contributed by atoms with Crippen LogP contribution >= 0.6 is 0 Å². The van der Waals surface area contributed by atoms with Crippen LogP contribution in [0.1, 0.15) is 40.7 Å². The van der Waals surface area contributed by atoms with Gasteiger partial charge in [0.1, 0.15) is 0 Å². The summed E-state index contributed by atoms with van der Waals surface area (Å²) in [6.07, 6.45) is 2.90. The minimum atomic E-state index is -0.0807. The van der Waals surface area contributed by atoms with Crippen molar-refractivity contribution in [1.82, 2.24) is 4.90 Å². The molecule has 1 fully saturated rings. The summed E-state index contributed by atoms with van der Waals surface area (Å²) in [5.41, 5.74) is 7.80. The second kappa shape index (κ2) is 7.26. The van der Waals surface area contributed by atoms with E-state index in [0.29, 0.717) is 17.7 Å². The van der Waals surface area contributed by atoms with Crippen molar-refractivity contribution < 1.29 is 9.90 Å². The molecule has 4 nitrogen and oxygen atoms in total. The van der Waals surface area contributed by atoms with Crippen LogP contribution < -0.4 is 5.73 Å². The quantitative estimate of drug-likeness (QED) is 0.805. The summed E-state index contributed by atoms with van der Waals surface area (Å²) < 4.78 is 0. The van der Waals surface area contributed by atoms with Gasteiger partial charge in [-0.1, -0.05) is 17.9 Å². The van der Waals surface area contributed by atoms with Gasteiger partial charge >= 0.3 is 0 Å². The molecule has 1 aromatic rings. The summed E-state index contributed by atoms with van der Waals surface area (Å²) in [7, 11) is 0. The van der Waals surface area contributed by atoms with Crippen LogP contribution in [0.2, 0.25) is 0 Å². The second-order valence-corrected chi connectivity index (χ2v) is 5.39. The molecular weight excluding hydrogens is 264 g/mol. The number of carbonyl (C=O) groups is 1. The number of aliphatic hydroxyl groups is 1. The third kappa shape index (κ3) is 3.63. The summed E-state index contributed by atoms with van der Waals surface area (Å²) in [5, 5.41) is 9.47. The number of carbonyl (C=O) groups excluding carboxylic acids is 1. The molecule has 0 spiro atoms. The van der Waals surface area contributed by atoms with Crippen LogP contribution in [0.3, 0.4) is 0 Å². The zero-order chi connectivity index (χ0) is 15.2. The van der Waals surface area contributed by atoms with Crippen LogP contribution in [0.4, 0.5) is 0 Å². The average molecular weight is 286 g/mol. The van der Waals surface area contributed by atoms with Gasteiger partial charge in [0.15, 0.2) is 0 Å². The first kappa shape index (κ1) is 15.6. The first-order valence-electron chi connectivity index (χ1n) is 7.38. The van der Waals surface area contributed by atoms with E-state index in [1.54, 1.807) is 4.90 Å². The van der Waals surface area contributed by atoms with Gasteiger partial charge in [-0.2, -0.15) is 0 Å². The Morgan fingerprint density at radius 2 is 2.29 bits per heavy atom. The highest BCUT2D eigenvalue weighted by Gasteiger charge is 2.27.